The maximum absolute atomic E-state index is 4.05. The molecule has 3 nitrogen and oxygen atoms in total. The molecule has 0 spiro atoms. The van der Waals surface area contributed by atoms with Gasteiger partial charge in [0, 0.05) is 18.3 Å². The van der Waals surface area contributed by atoms with Gasteiger partial charge in [-0.2, -0.15) is 0 Å². The number of aromatic nitrogens is 2. The van der Waals surface area contributed by atoms with E-state index in [1.807, 2.05) is 19.1 Å². The van der Waals surface area contributed by atoms with E-state index in [1.165, 1.54) is 0 Å². The van der Waals surface area contributed by atoms with Gasteiger partial charge in [0.15, 0.2) is 0 Å². The molecule has 0 aromatic carbocycles. The summed E-state index contributed by atoms with van der Waals surface area (Å²) in [6.07, 6.45) is 4.38. The fraction of sp³-hybridized carbons (Fsp3) is 0.333. The quantitative estimate of drug-likeness (QED) is 0.543. The molecule has 1 N–H and O–H groups in total. The number of nitrogens with one attached hydrogen (secondary N) is 1. The van der Waals surface area contributed by atoms with Gasteiger partial charge >= 0.3 is 0 Å². The minimum atomic E-state index is 0.875. The van der Waals surface area contributed by atoms with Crippen molar-refractivity contribution in [2.75, 3.05) is 11.9 Å². The van der Waals surface area contributed by atoms with Gasteiger partial charge < -0.3 is 5.32 Å². The predicted molar refractivity (Wildman–Crippen MR) is 50.1 cm³/mol. The monoisotopic (exact) mass is 163 g/mol. The number of nitrogens with zero attached hydrogens (tertiary/aromatic N) is 2. The number of rotatable bonds is 4. The predicted octanol–water partition coefficient (Wildman–Crippen LogP) is 1.77. The summed E-state index contributed by atoms with van der Waals surface area (Å²) in [7, 11) is 0. The average Bonchev–Trinajstić information content (AvgIpc) is 2.05. The van der Waals surface area contributed by atoms with Gasteiger partial charge in [-0.1, -0.05) is 6.08 Å². The zero-order valence-corrected chi connectivity index (χ0v) is 7.25. The fourth-order valence-electron chi connectivity index (χ4n) is 0.854. The summed E-state index contributed by atoms with van der Waals surface area (Å²) in [5, 5.41) is 3.16. The zero-order valence-electron chi connectivity index (χ0n) is 7.25. The third kappa shape index (κ3) is 2.70. The van der Waals surface area contributed by atoms with Crippen molar-refractivity contribution in [1.82, 2.24) is 9.97 Å². The average molecular weight is 163 g/mol. The van der Waals surface area contributed by atoms with Crippen molar-refractivity contribution < 1.29 is 0 Å². The molecule has 0 bridgehead atoms. The Morgan fingerprint density at radius 2 is 2.42 bits per heavy atom. The first-order valence-electron chi connectivity index (χ1n) is 3.96. The molecule has 0 aliphatic rings. The Labute approximate surface area is 72.6 Å². The highest BCUT2D eigenvalue weighted by Crippen LogP contribution is 2.01. The SMILES string of the molecule is C=CCCNc1cc(C)ncn1. The number of anilines is 1. The second kappa shape index (κ2) is 4.49. The van der Waals surface area contributed by atoms with Crippen molar-refractivity contribution in [3.05, 3.63) is 30.7 Å². The topological polar surface area (TPSA) is 37.8 Å². The van der Waals surface area contributed by atoms with Gasteiger partial charge in [0.05, 0.1) is 0 Å². The Morgan fingerprint density at radius 3 is 3.08 bits per heavy atom. The molecular weight excluding hydrogens is 150 g/mol. The van der Waals surface area contributed by atoms with E-state index in [9.17, 15) is 0 Å². The molecular formula is C9H13N3. The van der Waals surface area contributed by atoms with Crippen molar-refractivity contribution >= 4 is 5.82 Å². The first-order valence-corrected chi connectivity index (χ1v) is 3.96. The molecule has 0 amide bonds. The fourth-order valence-corrected chi connectivity index (χ4v) is 0.854. The molecule has 12 heavy (non-hydrogen) atoms. The molecule has 0 fully saturated rings. The van der Waals surface area contributed by atoms with Gasteiger partial charge in [0.2, 0.25) is 0 Å². The van der Waals surface area contributed by atoms with Crippen LogP contribution in [0.25, 0.3) is 0 Å². The minimum Gasteiger partial charge on any atom is -0.370 e. The van der Waals surface area contributed by atoms with Gasteiger partial charge in [-0.3, -0.25) is 0 Å². The summed E-state index contributed by atoms with van der Waals surface area (Å²) >= 11 is 0. The van der Waals surface area contributed by atoms with Gasteiger partial charge in [-0.15, -0.1) is 6.58 Å². The minimum absolute atomic E-state index is 0.875. The van der Waals surface area contributed by atoms with Crippen LogP contribution in [-0.2, 0) is 0 Å². The van der Waals surface area contributed by atoms with Crippen LogP contribution in [0.3, 0.4) is 0 Å². The number of hydrogen-bond acceptors (Lipinski definition) is 3. The standard InChI is InChI=1S/C9H13N3/c1-3-4-5-10-9-6-8(2)11-7-12-9/h3,6-7H,1,4-5H2,2H3,(H,10,11,12). The van der Waals surface area contributed by atoms with Gasteiger partial charge in [0.25, 0.3) is 0 Å². The van der Waals surface area contributed by atoms with Crippen molar-refractivity contribution in [2.24, 2.45) is 0 Å². The molecule has 0 unspecified atom stereocenters. The van der Waals surface area contributed by atoms with Crippen molar-refractivity contribution in [2.45, 2.75) is 13.3 Å². The van der Waals surface area contributed by atoms with Crippen LogP contribution < -0.4 is 5.32 Å². The molecule has 0 aliphatic carbocycles. The lowest BCUT2D eigenvalue weighted by Crippen LogP contribution is -2.02. The highest BCUT2D eigenvalue weighted by atomic mass is 15.0. The normalized spacial score (nSPS) is 9.42. The summed E-state index contributed by atoms with van der Waals surface area (Å²) < 4.78 is 0. The summed E-state index contributed by atoms with van der Waals surface area (Å²) in [4.78, 5) is 8.05. The smallest absolute Gasteiger partial charge is 0.129 e. The van der Waals surface area contributed by atoms with Crippen molar-refractivity contribution in [1.29, 1.82) is 0 Å². The van der Waals surface area contributed by atoms with Crippen LogP contribution in [0.15, 0.2) is 25.0 Å². The Balaban J connectivity index is 2.46. The van der Waals surface area contributed by atoms with Crippen molar-refractivity contribution in [3.63, 3.8) is 0 Å². The molecule has 1 aromatic rings. The van der Waals surface area contributed by atoms with Crippen LogP contribution in [0.1, 0.15) is 12.1 Å². The number of aryl methyl sites for hydroxylation is 1. The van der Waals surface area contributed by atoms with Gasteiger partial charge in [-0.25, -0.2) is 9.97 Å². The molecule has 0 saturated carbocycles. The second-order valence-electron chi connectivity index (χ2n) is 2.55. The van der Waals surface area contributed by atoms with Gasteiger partial charge in [-0.05, 0) is 13.3 Å². The Kier molecular flexibility index (Phi) is 3.26. The lowest BCUT2D eigenvalue weighted by Gasteiger charge is -2.02. The van der Waals surface area contributed by atoms with Crippen LogP contribution in [0.5, 0.6) is 0 Å². The summed E-state index contributed by atoms with van der Waals surface area (Å²) in [6, 6.07) is 1.92. The lowest BCUT2D eigenvalue weighted by atomic mass is 10.4. The van der Waals surface area contributed by atoms with Crippen LogP contribution in [0.4, 0.5) is 5.82 Å². The molecule has 64 valence electrons. The molecule has 1 heterocycles. The second-order valence-corrected chi connectivity index (χ2v) is 2.55. The molecule has 0 aliphatic heterocycles. The van der Waals surface area contributed by atoms with E-state index in [1.54, 1.807) is 6.33 Å². The van der Waals surface area contributed by atoms with E-state index in [-0.39, 0.29) is 0 Å². The van der Waals surface area contributed by atoms with E-state index >= 15 is 0 Å². The highest BCUT2D eigenvalue weighted by Gasteiger charge is 1.91. The zero-order chi connectivity index (χ0) is 8.81. The van der Waals surface area contributed by atoms with Crippen molar-refractivity contribution in [3.8, 4) is 0 Å². The third-order valence-electron chi connectivity index (χ3n) is 1.46. The molecule has 0 radical (unpaired) electrons. The van der Waals surface area contributed by atoms with Crippen LogP contribution >= 0.6 is 0 Å². The Bertz CT molecular complexity index is 258. The highest BCUT2D eigenvalue weighted by molar-refractivity contribution is 5.34. The van der Waals surface area contributed by atoms with Crippen LogP contribution in [0, 0.1) is 6.92 Å². The van der Waals surface area contributed by atoms with Crippen LogP contribution in [-0.4, -0.2) is 16.5 Å². The molecule has 3 heteroatoms. The lowest BCUT2D eigenvalue weighted by molar-refractivity contribution is 1.02. The summed E-state index contributed by atoms with van der Waals surface area (Å²) in [5.74, 6) is 0.879. The maximum atomic E-state index is 4.05. The number of hydrogen-bond donors (Lipinski definition) is 1. The molecule has 0 atom stereocenters. The molecule has 0 saturated heterocycles. The van der Waals surface area contributed by atoms with Gasteiger partial charge in [0.1, 0.15) is 12.1 Å². The van der Waals surface area contributed by atoms with E-state index < -0.39 is 0 Å². The van der Waals surface area contributed by atoms with E-state index in [0.717, 1.165) is 24.5 Å². The first kappa shape index (κ1) is 8.71. The van der Waals surface area contributed by atoms with E-state index in [2.05, 4.69) is 21.9 Å². The molecule has 1 rings (SSSR count). The summed E-state index contributed by atoms with van der Waals surface area (Å²) in [6.45, 7) is 6.46. The van der Waals surface area contributed by atoms with E-state index in [4.69, 9.17) is 0 Å². The van der Waals surface area contributed by atoms with E-state index in [0.29, 0.717) is 0 Å². The Morgan fingerprint density at radius 1 is 1.58 bits per heavy atom. The largest absolute Gasteiger partial charge is 0.370 e. The first-order chi connectivity index (χ1) is 5.83. The summed E-state index contributed by atoms with van der Waals surface area (Å²) in [5.41, 5.74) is 0.978. The Hall–Kier alpha value is -1.38. The molecule has 1 aromatic heterocycles. The van der Waals surface area contributed by atoms with Crippen LogP contribution in [0.2, 0.25) is 0 Å². The third-order valence-corrected chi connectivity index (χ3v) is 1.46. The maximum Gasteiger partial charge on any atom is 0.129 e.